The number of hydrogen-bond donors (Lipinski definition) is 0. The van der Waals surface area contributed by atoms with Gasteiger partial charge in [0.2, 0.25) is 0 Å². The van der Waals surface area contributed by atoms with E-state index in [0.29, 0.717) is 21.3 Å². The molecule has 0 saturated carbocycles. The van der Waals surface area contributed by atoms with Gasteiger partial charge in [0.15, 0.2) is 11.5 Å². The quantitative estimate of drug-likeness (QED) is 0.427. The zero-order valence-electron chi connectivity index (χ0n) is 18.2. The third-order valence-corrected chi connectivity index (χ3v) is 6.28. The monoisotopic (exact) mass is 490 g/mol. The van der Waals surface area contributed by atoms with Crippen molar-refractivity contribution in [3.8, 4) is 11.5 Å². The molecule has 0 saturated heterocycles. The number of benzene rings is 2. The Kier molecular flexibility index (Phi) is 8.91. The molecule has 0 aliphatic heterocycles. The molecule has 2 aromatic carbocycles. The topological polar surface area (TPSA) is 35.5 Å². The smallest absolute Gasteiger partial charge is 0.166 e. The first-order valence-corrected chi connectivity index (χ1v) is 10.9. The van der Waals surface area contributed by atoms with Crippen molar-refractivity contribution in [1.82, 2.24) is 0 Å². The fourth-order valence-corrected chi connectivity index (χ4v) is 5.03. The molecule has 0 heterocycles. The Labute approximate surface area is 202 Å². The fourth-order valence-electron chi connectivity index (χ4n) is 3.15. The van der Waals surface area contributed by atoms with Crippen molar-refractivity contribution in [3.63, 3.8) is 0 Å². The second kappa shape index (κ2) is 9.74. The summed E-state index contributed by atoms with van der Waals surface area (Å²) >= 11 is 11.7. The molecule has 0 radical (unpaired) electrons. The van der Waals surface area contributed by atoms with Crippen LogP contribution in [-0.4, -0.2) is 4.21 Å². The molecule has 0 unspecified atom stereocenters. The predicted molar refractivity (Wildman–Crippen MR) is 117 cm³/mol. The second-order valence-corrected chi connectivity index (χ2v) is 10.9. The van der Waals surface area contributed by atoms with Gasteiger partial charge in [0.1, 0.15) is 23.7 Å². The normalized spacial score (nSPS) is 12.0. The molecule has 0 N–H and O–H groups in total. The van der Waals surface area contributed by atoms with E-state index in [4.69, 9.17) is 32.3 Å². The minimum atomic E-state index is -1.60. The summed E-state index contributed by atoms with van der Waals surface area (Å²) < 4.78 is 24.1. The van der Waals surface area contributed by atoms with E-state index in [0.717, 1.165) is 22.3 Å². The van der Waals surface area contributed by atoms with E-state index in [1.54, 1.807) is 0 Å². The first kappa shape index (κ1) is 26.5. The third-order valence-electron chi connectivity index (χ3n) is 4.57. The molecule has 158 valence electrons. The Morgan fingerprint density at radius 1 is 0.724 bits per heavy atom. The number of halogens is 2. The van der Waals surface area contributed by atoms with E-state index >= 15 is 0 Å². The standard InChI is InChI=1S/C22H28Cl2O3S.Ti/c1-13-9-15(21(3,4)5)19(26-23)17(11-13)28(25)18-12-14(2)10-16(20(18)27-24)22(6,7)8;/h9-12H,1-8H3;. The molecular formula is C22H28Cl2O3STi. The number of hydrogen-bond acceptors (Lipinski definition) is 3. The Bertz CT molecular complexity index is 842. The fraction of sp³-hybridized carbons (Fsp3) is 0.455. The van der Waals surface area contributed by atoms with Crippen LogP contribution in [0.3, 0.4) is 0 Å². The summed E-state index contributed by atoms with van der Waals surface area (Å²) in [6.45, 7) is 16.3. The molecule has 0 aliphatic rings. The van der Waals surface area contributed by atoms with Crippen LogP contribution in [0.4, 0.5) is 0 Å². The van der Waals surface area contributed by atoms with E-state index in [-0.39, 0.29) is 32.5 Å². The van der Waals surface area contributed by atoms with Crippen molar-refractivity contribution in [1.29, 1.82) is 0 Å². The van der Waals surface area contributed by atoms with Crippen LogP contribution >= 0.6 is 23.7 Å². The SMILES string of the molecule is Cc1cc(S(=O)c2cc(C)cc(C(C)(C)C)c2OCl)c(OCl)c(C(C)(C)C)c1.[Ti]. The van der Waals surface area contributed by atoms with E-state index in [1.165, 1.54) is 0 Å². The van der Waals surface area contributed by atoms with Crippen LogP contribution in [0.25, 0.3) is 0 Å². The molecular weight excluding hydrogens is 463 g/mol. The van der Waals surface area contributed by atoms with Gasteiger partial charge in [0.25, 0.3) is 0 Å². The van der Waals surface area contributed by atoms with Crippen LogP contribution in [0.1, 0.15) is 63.8 Å². The van der Waals surface area contributed by atoms with Gasteiger partial charge in [-0.25, -0.2) is 4.21 Å². The Hall–Kier alpha value is -0.516. The Balaban J connectivity index is 0.00000420. The Morgan fingerprint density at radius 2 is 1.03 bits per heavy atom. The third kappa shape index (κ3) is 5.80. The van der Waals surface area contributed by atoms with Crippen molar-refractivity contribution >= 4 is 34.5 Å². The zero-order valence-corrected chi connectivity index (χ0v) is 22.1. The van der Waals surface area contributed by atoms with Crippen molar-refractivity contribution < 1.29 is 34.5 Å². The summed E-state index contributed by atoms with van der Waals surface area (Å²) in [7, 11) is -1.60. The molecule has 0 spiro atoms. The maximum Gasteiger partial charge on any atom is 0.166 e. The van der Waals surface area contributed by atoms with Gasteiger partial charge in [0, 0.05) is 32.8 Å². The van der Waals surface area contributed by atoms with Gasteiger partial charge in [-0.1, -0.05) is 53.7 Å². The van der Waals surface area contributed by atoms with Gasteiger partial charge in [-0.15, -0.1) is 0 Å². The summed E-state index contributed by atoms with van der Waals surface area (Å²) in [4.78, 5) is 1.00. The summed E-state index contributed by atoms with van der Waals surface area (Å²) in [5.41, 5.74) is 3.27. The molecule has 2 aromatic rings. The van der Waals surface area contributed by atoms with E-state index in [2.05, 4.69) is 41.5 Å². The summed E-state index contributed by atoms with van der Waals surface area (Å²) in [6, 6.07) is 7.68. The molecule has 0 amide bonds. The maximum atomic E-state index is 13.7. The average molecular weight is 491 g/mol. The van der Waals surface area contributed by atoms with Crippen molar-refractivity contribution in [2.24, 2.45) is 0 Å². The summed E-state index contributed by atoms with van der Waals surface area (Å²) in [6.07, 6.45) is 0. The van der Waals surface area contributed by atoms with Gasteiger partial charge in [-0.3, -0.25) is 0 Å². The minimum Gasteiger partial charge on any atom is -0.384 e. The number of rotatable bonds is 4. The molecule has 2 rings (SSSR count). The second-order valence-electron chi connectivity index (χ2n) is 9.20. The molecule has 3 nitrogen and oxygen atoms in total. The van der Waals surface area contributed by atoms with Crippen molar-refractivity contribution in [3.05, 3.63) is 46.5 Å². The molecule has 0 aromatic heterocycles. The van der Waals surface area contributed by atoms with Crippen LogP contribution in [0.15, 0.2) is 34.1 Å². The molecule has 0 bridgehead atoms. The Morgan fingerprint density at radius 3 is 1.28 bits per heavy atom. The van der Waals surface area contributed by atoms with Crippen LogP contribution in [0.2, 0.25) is 0 Å². The molecule has 29 heavy (non-hydrogen) atoms. The molecule has 0 aliphatic carbocycles. The van der Waals surface area contributed by atoms with Crippen LogP contribution in [0, 0.1) is 13.8 Å². The molecule has 7 heteroatoms. The van der Waals surface area contributed by atoms with Crippen LogP contribution < -0.4 is 8.58 Å². The van der Waals surface area contributed by atoms with Crippen LogP contribution in [0.5, 0.6) is 11.5 Å². The first-order valence-electron chi connectivity index (χ1n) is 9.10. The zero-order chi connectivity index (χ0) is 21.4. The number of aryl methyl sites for hydroxylation is 2. The summed E-state index contributed by atoms with van der Waals surface area (Å²) in [5.74, 6) is 0.829. The van der Waals surface area contributed by atoms with Crippen molar-refractivity contribution in [2.75, 3.05) is 0 Å². The molecule has 0 atom stereocenters. The van der Waals surface area contributed by atoms with Gasteiger partial charge in [-0.05, 0) is 47.9 Å². The average Bonchev–Trinajstić information content (AvgIpc) is 2.58. The summed E-state index contributed by atoms with van der Waals surface area (Å²) in [5, 5.41) is 0. The van der Waals surface area contributed by atoms with E-state index in [1.807, 2.05) is 38.1 Å². The minimum absolute atomic E-state index is 0. The van der Waals surface area contributed by atoms with E-state index in [9.17, 15) is 4.21 Å². The first-order chi connectivity index (χ1) is 12.8. The maximum absolute atomic E-state index is 13.7. The van der Waals surface area contributed by atoms with Gasteiger partial charge in [-0.2, -0.15) is 0 Å². The van der Waals surface area contributed by atoms with E-state index < -0.39 is 10.8 Å². The molecule has 0 fully saturated rings. The van der Waals surface area contributed by atoms with Gasteiger partial charge >= 0.3 is 0 Å². The van der Waals surface area contributed by atoms with Gasteiger partial charge in [0.05, 0.1) is 20.6 Å². The van der Waals surface area contributed by atoms with Gasteiger partial charge < -0.3 is 8.58 Å². The van der Waals surface area contributed by atoms with Crippen LogP contribution in [-0.2, 0) is 43.3 Å². The largest absolute Gasteiger partial charge is 0.384 e. The predicted octanol–water partition coefficient (Wildman–Crippen LogP) is 7.13. The van der Waals surface area contributed by atoms with Crippen molar-refractivity contribution in [2.45, 2.75) is 76.0 Å².